The van der Waals surface area contributed by atoms with Gasteiger partial charge < -0.3 is 20.3 Å². The van der Waals surface area contributed by atoms with Crippen molar-refractivity contribution >= 4 is 6.09 Å². The normalized spacial score (nSPS) is 15.9. The molecule has 5 heteroatoms. The minimum absolute atomic E-state index is 0.162. The first kappa shape index (κ1) is 17.5. The summed E-state index contributed by atoms with van der Waals surface area (Å²) in [5.74, 6) is 0. The van der Waals surface area contributed by atoms with E-state index in [1.807, 2.05) is 30.3 Å². The van der Waals surface area contributed by atoms with Crippen LogP contribution in [0.1, 0.15) is 45.7 Å². The maximum atomic E-state index is 11.9. The molecule has 0 radical (unpaired) electrons. The number of nitrogens with one attached hydrogen (secondary N) is 1. The first-order chi connectivity index (χ1) is 9.69. The quantitative estimate of drug-likeness (QED) is 0.779. The van der Waals surface area contributed by atoms with E-state index in [1.54, 1.807) is 27.7 Å². The number of carbonyl (C=O) groups is 1. The third kappa shape index (κ3) is 6.60. The molecule has 1 aromatic rings. The van der Waals surface area contributed by atoms with E-state index in [0.717, 1.165) is 5.56 Å². The molecule has 1 aromatic carbocycles. The van der Waals surface area contributed by atoms with E-state index in [4.69, 9.17) is 4.74 Å². The molecule has 0 saturated carbocycles. The molecular weight excluding hydrogens is 270 g/mol. The number of aliphatic hydroxyl groups excluding tert-OH is 2. The van der Waals surface area contributed by atoms with Crippen LogP contribution in [-0.4, -0.2) is 34.1 Å². The Balaban J connectivity index is 2.85. The number of hydrogen-bond acceptors (Lipinski definition) is 4. The Kier molecular flexibility index (Phi) is 6.18. The summed E-state index contributed by atoms with van der Waals surface area (Å²) in [4.78, 5) is 11.9. The van der Waals surface area contributed by atoms with E-state index in [-0.39, 0.29) is 6.42 Å². The van der Waals surface area contributed by atoms with Crippen LogP contribution in [0.2, 0.25) is 0 Å². The van der Waals surface area contributed by atoms with Crippen molar-refractivity contribution in [1.29, 1.82) is 0 Å². The van der Waals surface area contributed by atoms with Crippen molar-refractivity contribution in [2.24, 2.45) is 0 Å². The van der Waals surface area contributed by atoms with Crippen LogP contribution in [0.5, 0.6) is 0 Å². The summed E-state index contributed by atoms with van der Waals surface area (Å²) >= 11 is 0. The Morgan fingerprint density at radius 1 is 1.24 bits per heavy atom. The fraction of sp³-hybridized carbons (Fsp3) is 0.562. The predicted molar refractivity (Wildman–Crippen MR) is 80.9 cm³/mol. The Bertz CT molecular complexity index is 439. The molecule has 0 aliphatic heterocycles. The molecule has 0 aliphatic rings. The van der Waals surface area contributed by atoms with Gasteiger partial charge in [0, 0.05) is 6.42 Å². The SMILES string of the molecule is C[C@@H](O)C[C@@H](O)[C@@H](NC(=O)OC(C)(C)C)c1ccccc1. The van der Waals surface area contributed by atoms with Gasteiger partial charge in [0.1, 0.15) is 5.60 Å². The van der Waals surface area contributed by atoms with Crippen molar-refractivity contribution in [3.63, 3.8) is 0 Å². The van der Waals surface area contributed by atoms with E-state index < -0.39 is 29.9 Å². The van der Waals surface area contributed by atoms with Gasteiger partial charge >= 0.3 is 6.09 Å². The van der Waals surface area contributed by atoms with Gasteiger partial charge in [-0.3, -0.25) is 0 Å². The fourth-order valence-electron chi connectivity index (χ4n) is 1.98. The molecule has 3 atom stereocenters. The highest BCUT2D eigenvalue weighted by Crippen LogP contribution is 2.21. The van der Waals surface area contributed by atoms with Crippen LogP contribution in [0, 0.1) is 0 Å². The van der Waals surface area contributed by atoms with E-state index >= 15 is 0 Å². The lowest BCUT2D eigenvalue weighted by Gasteiger charge is -2.27. The van der Waals surface area contributed by atoms with Gasteiger partial charge in [-0.05, 0) is 33.3 Å². The first-order valence-electron chi connectivity index (χ1n) is 7.09. The van der Waals surface area contributed by atoms with Crippen LogP contribution in [-0.2, 0) is 4.74 Å². The van der Waals surface area contributed by atoms with Gasteiger partial charge in [-0.25, -0.2) is 4.79 Å². The second-order valence-electron chi connectivity index (χ2n) is 6.19. The van der Waals surface area contributed by atoms with Gasteiger partial charge in [0.2, 0.25) is 0 Å². The number of benzene rings is 1. The highest BCUT2D eigenvalue weighted by atomic mass is 16.6. The smallest absolute Gasteiger partial charge is 0.408 e. The van der Waals surface area contributed by atoms with E-state index in [2.05, 4.69) is 5.32 Å². The Morgan fingerprint density at radius 3 is 2.29 bits per heavy atom. The van der Waals surface area contributed by atoms with Gasteiger partial charge in [-0.1, -0.05) is 30.3 Å². The average molecular weight is 295 g/mol. The van der Waals surface area contributed by atoms with E-state index in [0.29, 0.717) is 0 Å². The molecule has 0 fully saturated rings. The molecule has 0 saturated heterocycles. The Hall–Kier alpha value is -1.59. The molecule has 21 heavy (non-hydrogen) atoms. The number of amides is 1. The standard InChI is InChI=1S/C16H25NO4/c1-11(18)10-13(19)14(12-8-6-5-7-9-12)17-15(20)21-16(2,3)4/h5-9,11,13-14,18-19H,10H2,1-4H3,(H,17,20)/t11-,13-,14+/m1/s1. The van der Waals surface area contributed by atoms with Crippen LogP contribution in [0.4, 0.5) is 4.79 Å². The van der Waals surface area contributed by atoms with Crippen LogP contribution >= 0.6 is 0 Å². The Labute approximate surface area is 125 Å². The topological polar surface area (TPSA) is 78.8 Å². The summed E-state index contributed by atoms with van der Waals surface area (Å²) in [6.07, 6.45) is -2.00. The summed E-state index contributed by atoms with van der Waals surface area (Å²) in [7, 11) is 0. The average Bonchev–Trinajstić information content (AvgIpc) is 2.34. The van der Waals surface area contributed by atoms with Crippen molar-refractivity contribution < 1.29 is 19.7 Å². The van der Waals surface area contributed by atoms with Crippen LogP contribution in [0.15, 0.2) is 30.3 Å². The van der Waals surface area contributed by atoms with Crippen molar-refractivity contribution in [2.45, 2.75) is 58.0 Å². The molecular formula is C16H25NO4. The minimum atomic E-state index is -0.903. The maximum Gasteiger partial charge on any atom is 0.408 e. The number of carbonyl (C=O) groups excluding carboxylic acids is 1. The second kappa shape index (κ2) is 7.43. The summed E-state index contributed by atoms with van der Waals surface area (Å²) in [6.45, 7) is 6.92. The van der Waals surface area contributed by atoms with Crippen LogP contribution in [0.3, 0.4) is 0 Å². The van der Waals surface area contributed by atoms with Gasteiger partial charge in [-0.15, -0.1) is 0 Å². The zero-order chi connectivity index (χ0) is 16.0. The summed E-state index contributed by atoms with van der Waals surface area (Å²) in [5, 5.41) is 22.4. The highest BCUT2D eigenvalue weighted by molar-refractivity contribution is 5.68. The van der Waals surface area contributed by atoms with E-state index in [9.17, 15) is 15.0 Å². The third-order valence-electron chi connectivity index (χ3n) is 2.80. The zero-order valence-corrected chi connectivity index (χ0v) is 13.0. The predicted octanol–water partition coefficient (Wildman–Crippen LogP) is 2.38. The maximum absolute atomic E-state index is 11.9. The minimum Gasteiger partial charge on any atom is -0.444 e. The van der Waals surface area contributed by atoms with Crippen LogP contribution in [0.25, 0.3) is 0 Å². The van der Waals surface area contributed by atoms with Crippen molar-refractivity contribution in [3.8, 4) is 0 Å². The molecule has 0 spiro atoms. The number of rotatable bonds is 5. The lowest BCUT2D eigenvalue weighted by molar-refractivity contribution is 0.0327. The molecule has 0 unspecified atom stereocenters. The summed E-state index contributed by atoms with van der Waals surface area (Å²) < 4.78 is 5.22. The molecule has 0 aromatic heterocycles. The molecule has 0 bridgehead atoms. The number of aliphatic hydroxyl groups is 2. The molecule has 5 nitrogen and oxygen atoms in total. The van der Waals surface area contributed by atoms with Gasteiger partial charge in [-0.2, -0.15) is 0 Å². The van der Waals surface area contributed by atoms with Crippen molar-refractivity contribution in [3.05, 3.63) is 35.9 Å². The van der Waals surface area contributed by atoms with Crippen LogP contribution < -0.4 is 5.32 Å². The largest absolute Gasteiger partial charge is 0.444 e. The molecule has 0 heterocycles. The number of ether oxygens (including phenoxy) is 1. The fourth-order valence-corrected chi connectivity index (χ4v) is 1.98. The number of hydrogen-bond donors (Lipinski definition) is 3. The molecule has 118 valence electrons. The Morgan fingerprint density at radius 2 is 1.81 bits per heavy atom. The van der Waals surface area contributed by atoms with Crippen molar-refractivity contribution in [2.75, 3.05) is 0 Å². The molecule has 1 amide bonds. The lowest BCUT2D eigenvalue weighted by Crippen LogP contribution is -2.40. The van der Waals surface area contributed by atoms with E-state index in [1.165, 1.54) is 0 Å². The van der Waals surface area contributed by atoms with Crippen molar-refractivity contribution in [1.82, 2.24) is 5.32 Å². The second-order valence-corrected chi connectivity index (χ2v) is 6.19. The first-order valence-corrected chi connectivity index (χ1v) is 7.09. The van der Waals surface area contributed by atoms with Gasteiger partial charge in [0.25, 0.3) is 0 Å². The summed E-state index contributed by atoms with van der Waals surface area (Å²) in [6, 6.07) is 8.51. The molecule has 1 rings (SSSR count). The summed E-state index contributed by atoms with van der Waals surface area (Å²) in [5.41, 5.74) is 0.150. The molecule has 3 N–H and O–H groups in total. The monoisotopic (exact) mass is 295 g/mol. The zero-order valence-electron chi connectivity index (χ0n) is 13.0. The highest BCUT2D eigenvalue weighted by Gasteiger charge is 2.26. The lowest BCUT2D eigenvalue weighted by atomic mass is 9.97. The number of alkyl carbamates (subject to hydrolysis) is 1. The van der Waals surface area contributed by atoms with Gasteiger partial charge in [0.05, 0.1) is 18.2 Å². The third-order valence-corrected chi connectivity index (χ3v) is 2.80. The van der Waals surface area contributed by atoms with Gasteiger partial charge in [0.15, 0.2) is 0 Å². The molecule has 0 aliphatic carbocycles.